The van der Waals surface area contributed by atoms with Crippen LogP contribution in [0.25, 0.3) is 16.2 Å². The zero-order valence-electron chi connectivity index (χ0n) is 13.5. The van der Waals surface area contributed by atoms with Crippen LogP contribution < -0.4 is 11.1 Å². The van der Waals surface area contributed by atoms with Gasteiger partial charge in [-0.2, -0.15) is 0 Å². The van der Waals surface area contributed by atoms with E-state index < -0.39 is 0 Å². The van der Waals surface area contributed by atoms with Gasteiger partial charge in [0.1, 0.15) is 5.00 Å². The minimum absolute atomic E-state index is 0.232. The third-order valence-electron chi connectivity index (χ3n) is 3.28. The van der Waals surface area contributed by atoms with Crippen molar-refractivity contribution in [2.45, 2.75) is 30.6 Å². The Bertz CT molecular complexity index is 904. The fraction of sp³-hybridized carbons (Fsp3) is 0.200. The normalized spacial score (nSPS) is 10.4. The first-order chi connectivity index (χ1) is 11.4. The lowest BCUT2D eigenvalue weighted by molar-refractivity contribution is 0.269. The zero-order chi connectivity index (χ0) is 18.0. The zero-order valence-corrected chi connectivity index (χ0v) is 17.3. The van der Waals surface area contributed by atoms with Crippen LogP contribution in [0.4, 0.5) is 15.5 Å². The Balaban J connectivity index is 0.00000100. The number of nitrogens with one attached hydrogen (secondary N) is 1. The quantitative estimate of drug-likeness (QED) is 0.364. The molecule has 0 spiro atoms. The summed E-state index contributed by atoms with van der Waals surface area (Å²) in [7, 11) is 2.07. The van der Waals surface area contributed by atoms with E-state index in [1.807, 2.05) is 37.4 Å². The first kappa shape index (κ1) is 19.1. The van der Waals surface area contributed by atoms with Crippen molar-refractivity contribution >= 4 is 67.1 Å². The predicted molar refractivity (Wildman–Crippen MR) is 112 cm³/mol. The Morgan fingerprint density at radius 2 is 2.00 bits per heavy atom. The average Bonchev–Trinajstić information content (AvgIpc) is 3.06. The number of aromatic nitrogens is 2. The molecule has 128 valence electrons. The first-order valence-corrected chi connectivity index (χ1v) is 9.53. The molecule has 3 aromatic rings. The Morgan fingerprint density at radius 1 is 1.33 bits per heavy atom. The van der Waals surface area contributed by atoms with Gasteiger partial charge in [0.2, 0.25) is 5.65 Å². The van der Waals surface area contributed by atoms with E-state index in [2.05, 4.69) is 44.8 Å². The van der Waals surface area contributed by atoms with Gasteiger partial charge >= 0.3 is 0 Å². The van der Waals surface area contributed by atoms with E-state index in [-0.39, 0.29) is 5.65 Å². The highest BCUT2D eigenvalue weighted by molar-refractivity contribution is 7.83. The van der Waals surface area contributed by atoms with Gasteiger partial charge in [0.15, 0.2) is 4.96 Å². The topological polar surface area (TPSA) is 72.4 Å². The van der Waals surface area contributed by atoms with Gasteiger partial charge in [-0.3, -0.25) is 9.20 Å². The van der Waals surface area contributed by atoms with Crippen LogP contribution in [0.2, 0.25) is 0 Å². The monoisotopic (exact) mass is 398 g/mol. The predicted octanol–water partition coefficient (Wildman–Crippen LogP) is 4.96. The number of aryl methyl sites for hydroxylation is 1. The molecule has 24 heavy (non-hydrogen) atoms. The van der Waals surface area contributed by atoms with E-state index in [0.717, 1.165) is 26.9 Å². The number of benzene rings is 1. The summed E-state index contributed by atoms with van der Waals surface area (Å²) in [5, 5.41) is 3.45. The number of fused-ring (bicyclic) bond motifs is 1. The Morgan fingerprint density at radius 3 is 2.58 bits per heavy atom. The molecule has 0 aliphatic carbocycles. The van der Waals surface area contributed by atoms with E-state index >= 15 is 0 Å². The van der Waals surface area contributed by atoms with E-state index in [9.17, 15) is 4.79 Å². The summed E-state index contributed by atoms with van der Waals surface area (Å²) in [6.45, 7) is 5.95. The fourth-order valence-corrected chi connectivity index (χ4v) is 3.71. The standard InChI is InChI=1S/C13H13N4OPS3.C2H6/c1-5-11(14)22-12-15-8(4-17(5)12)6-2-3-7(16-13(18)19)10(21)9(6)20;1-2/h2-4,20-21H,14,19H2,1H3,(H,16,18);1-2H3. The Labute approximate surface area is 158 Å². The summed E-state index contributed by atoms with van der Waals surface area (Å²) in [6, 6.07) is 3.65. The third kappa shape index (κ3) is 3.57. The molecule has 0 aliphatic rings. The van der Waals surface area contributed by atoms with Crippen molar-refractivity contribution in [2.75, 3.05) is 11.1 Å². The number of imidazole rings is 1. The minimum Gasteiger partial charge on any atom is -0.389 e. The van der Waals surface area contributed by atoms with E-state index in [1.165, 1.54) is 11.3 Å². The van der Waals surface area contributed by atoms with Crippen LogP contribution in [0, 0.1) is 6.92 Å². The highest BCUT2D eigenvalue weighted by Gasteiger charge is 2.15. The average molecular weight is 399 g/mol. The lowest BCUT2D eigenvalue weighted by Crippen LogP contribution is -2.01. The molecular weight excluding hydrogens is 379 g/mol. The number of thiazole rings is 1. The molecule has 2 heterocycles. The van der Waals surface area contributed by atoms with Crippen molar-refractivity contribution in [3.63, 3.8) is 0 Å². The van der Waals surface area contributed by atoms with Crippen molar-refractivity contribution in [3.8, 4) is 11.3 Å². The summed E-state index contributed by atoms with van der Waals surface area (Å²) < 4.78 is 1.96. The number of nitrogens with two attached hydrogens (primary N) is 1. The van der Waals surface area contributed by atoms with Gasteiger partial charge in [-0.05, 0) is 28.3 Å². The molecule has 0 saturated carbocycles. The molecule has 1 aromatic carbocycles. The largest absolute Gasteiger partial charge is 0.389 e. The van der Waals surface area contributed by atoms with E-state index in [4.69, 9.17) is 5.73 Å². The highest BCUT2D eigenvalue weighted by Crippen LogP contribution is 2.37. The lowest BCUT2D eigenvalue weighted by atomic mass is 10.1. The molecule has 0 radical (unpaired) electrons. The second kappa shape index (κ2) is 7.78. The van der Waals surface area contributed by atoms with Gasteiger partial charge in [-0.25, -0.2) is 4.98 Å². The molecule has 0 bridgehead atoms. The maximum absolute atomic E-state index is 11.2. The molecule has 9 heteroatoms. The molecule has 0 fully saturated rings. The number of hydrogen-bond donors (Lipinski definition) is 4. The molecule has 5 nitrogen and oxygen atoms in total. The number of rotatable bonds is 2. The van der Waals surface area contributed by atoms with Crippen molar-refractivity contribution in [2.24, 2.45) is 0 Å². The van der Waals surface area contributed by atoms with Crippen molar-refractivity contribution in [1.29, 1.82) is 0 Å². The van der Waals surface area contributed by atoms with Crippen LogP contribution in [0.5, 0.6) is 0 Å². The SMILES string of the molecule is CC.Cc1c(N)sc2nc(-c3ccc(NC(=O)P)c(S)c3S)cn12. The highest BCUT2D eigenvalue weighted by atomic mass is 32.1. The minimum atomic E-state index is -0.232. The fourth-order valence-electron chi connectivity index (χ4n) is 2.12. The second-order valence-corrected chi connectivity index (χ2v) is 7.11. The van der Waals surface area contributed by atoms with Crippen molar-refractivity contribution in [3.05, 3.63) is 24.0 Å². The van der Waals surface area contributed by atoms with Gasteiger partial charge in [0.25, 0.3) is 0 Å². The van der Waals surface area contributed by atoms with Crippen LogP contribution in [0.3, 0.4) is 0 Å². The Hall–Kier alpha value is -1.21. The van der Waals surface area contributed by atoms with Gasteiger partial charge in [0, 0.05) is 21.6 Å². The van der Waals surface area contributed by atoms with Gasteiger partial charge < -0.3 is 11.1 Å². The summed E-state index contributed by atoms with van der Waals surface area (Å²) in [5.41, 5.74) is 8.88. The number of thiol groups is 2. The molecule has 3 N–H and O–H groups in total. The van der Waals surface area contributed by atoms with Gasteiger partial charge in [0.05, 0.1) is 17.1 Å². The smallest absolute Gasteiger partial charge is 0.239 e. The van der Waals surface area contributed by atoms with Crippen LogP contribution >= 0.6 is 45.8 Å². The molecule has 1 amide bonds. The number of amides is 1. The first-order valence-electron chi connectivity index (χ1n) is 7.24. The molecular formula is C15H19N4OPS3. The molecule has 1 unspecified atom stereocenters. The summed E-state index contributed by atoms with van der Waals surface area (Å²) in [4.78, 5) is 17.8. The summed E-state index contributed by atoms with van der Waals surface area (Å²) in [6.07, 6.45) is 1.92. The van der Waals surface area contributed by atoms with Crippen LogP contribution in [-0.4, -0.2) is 15.0 Å². The molecule has 0 saturated heterocycles. The van der Waals surface area contributed by atoms with Crippen molar-refractivity contribution in [1.82, 2.24) is 9.38 Å². The maximum atomic E-state index is 11.2. The number of carbonyl (C=O) groups is 1. The third-order valence-corrected chi connectivity index (χ3v) is 5.51. The molecule has 1 atom stereocenters. The second-order valence-electron chi connectivity index (χ2n) is 4.68. The van der Waals surface area contributed by atoms with Gasteiger partial charge in [-0.15, -0.1) is 25.3 Å². The summed E-state index contributed by atoms with van der Waals surface area (Å²) in [5.74, 6) is 0. The molecule has 3 rings (SSSR count). The van der Waals surface area contributed by atoms with Crippen LogP contribution in [0.1, 0.15) is 19.5 Å². The molecule has 2 aromatic heterocycles. The van der Waals surface area contributed by atoms with Gasteiger partial charge in [-0.1, -0.05) is 25.2 Å². The maximum Gasteiger partial charge on any atom is 0.239 e. The number of hydrogen-bond acceptors (Lipinski definition) is 6. The number of nitrogens with zero attached hydrogens (tertiary/aromatic N) is 2. The lowest BCUT2D eigenvalue weighted by Gasteiger charge is -2.10. The number of carbonyl (C=O) groups excluding carboxylic acids is 1. The number of anilines is 2. The Kier molecular flexibility index (Phi) is 6.20. The summed E-state index contributed by atoms with van der Waals surface area (Å²) >= 11 is 10.4. The van der Waals surface area contributed by atoms with E-state index in [0.29, 0.717) is 15.5 Å². The van der Waals surface area contributed by atoms with E-state index in [1.54, 1.807) is 6.07 Å². The van der Waals surface area contributed by atoms with Crippen LogP contribution in [0.15, 0.2) is 28.1 Å². The van der Waals surface area contributed by atoms with Crippen LogP contribution in [-0.2, 0) is 0 Å². The van der Waals surface area contributed by atoms with Crippen molar-refractivity contribution < 1.29 is 4.79 Å². The molecule has 0 aliphatic heterocycles. The number of nitrogen functional groups attached to an aromatic ring is 1.